The second-order valence-corrected chi connectivity index (χ2v) is 3.70. The maximum absolute atomic E-state index is 10.6. The van der Waals surface area contributed by atoms with E-state index in [-0.39, 0.29) is 0 Å². The lowest BCUT2D eigenvalue weighted by atomic mass is 10.5. The summed E-state index contributed by atoms with van der Waals surface area (Å²) in [5.41, 5.74) is 2.99. The van der Waals surface area contributed by atoms with Gasteiger partial charge in [-0.2, -0.15) is 8.42 Å². The lowest BCUT2D eigenvalue weighted by molar-refractivity contribution is -0.154. The average molecular weight is 211 g/mol. The smallest absolute Gasteiger partial charge is 0.375 e. The van der Waals surface area contributed by atoms with E-state index < -0.39 is 33.9 Å². The van der Waals surface area contributed by atoms with Crippen LogP contribution in [0.4, 0.5) is 0 Å². The van der Waals surface area contributed by atoms with Gasteiger partial charge in [0.2, 0.25) is 11.2 Å². The van der Waals surface area contributed by atoms with Gasteiger partial charge in [0.25, 0.3) is 0 Å². The number of nitrogens with two attached hydrogens (primary N) is 1. The Bertz CT molecular complexity index is 307. The lowest BCUT2D eigenvalue weighted by Gasteiger charge is -2.10. The summed E-state index contributed by atoms with van der Waals surface area (Å²) in [6, 6.07) is 0. The first-order chi connectivity index (χ1) is 5.79. The fourth-order valence-electron chi connectivity index (χ4n) is 0.433. The van der Waals surface area contributed by atoms with Gasteiger partial charge in [-0.05, 0) is 0 Å². The number of hydrogen-bond acceptors (Lipinski definition) is 6. The number of carbonyl (C=O) groups excluding carboxylic acids is 2. The van der Waals surface area contributed by atoms with Crippen LogP contribution < -0.4 is 5.73 Å². The number of hydrogen-bond donors (Lipinski definition) is 2. The molecule has 0 radical (unpaired) electrons. The van der Waals surface area contributed by atoms with Crippen molar-refractivity contribution in [2.45, 2.75) is 12.4 Å². The highest BCUT2D eigenvalue weighted by Crippen LogP contribution is 1.99. The van der Waals surface area contributed by atoms with Gasteiger partial charge in [0.05, 0.1) is 0 Å². The van der Waals surface area contributed by atoms with Crippen LogP contribution in [0.5, 0.6) is 0 Å². The second kappa shape index (κ2) is 4.30. The Morgan fingerprint density at radius 1 is 1.54 bits per heavy atom. The molecule has 76 valence electrons. The molecule has 1 unspecified atom stereocenters. The average Bonchev–Trinajstić information content (AvgIpc) is 1.96. The van der Waals surface area contributed by atoms with Crippen molar-refractivity contribution in [3.8, 4) is 0 Å². The molecular weight excluding hydrogens is 202 g/mol. The number of esters is 1. The van der Waals surface area contributed by atoms with Crippen molar-refractivity contribution in [2.24, 2.45) is 5.73 Å². The van der Waals surface area contributed by atoms with Crippen LogP contribution in [-0.4, -0.2) is 36.7 Å². The standard InChI is InChI=1S/C5H9NO6S/c1-3(7)5(8)12-4(2-6)13(9,10)11/h4H,2,6H2,1H3,(H,9,10,11). The van der Waals surface area contributed by atoms with Crippen molar-refractivity contribution in [3.05, 3.63) is 0 Å². The third-order valence-electron chi connectivity index (χ3n) is 1.05. The van der Waals surface area contributed by atoms with Crippen LogP contribution in [0.3, 0.4) is 0 Å². The summed E-state index contributed by atoms with van der Waals surface area (Å²) in [6.45, 7) is 0.289. The maximum atomic E-state index is 10.6. The van der Waals surface area contributed by atoms with Gasteiger partial charge < -0.3 is 10.5 Å². The van der Waals surface area contributed by atoms with Gasteiger partial charge >= 0.3 is 16.1 Å². The lowest BCUT2D eigenvalue weighted by Crippen LogP contribution is -2.35. The number of carbonyl (C=O) groups is 2. The number of ether oxygens (including phenoxy) is 1. The predicted octanol–water partition coefficient (Wildman–Crippen LogP) is -1.71. The van der Waals surface area contributed by atoms with E-state index in [9.17, 15) is 18.0 Å². The zero-order valence-electron chi connectivity index (χ0n) is 6.76. The molecule has 0 aliphatic heterocycles. The second-order valence-electron chi connectivity index (χ2n) is 2.14. The van der Waals surface area contributed by atoms with Crippen molar-refractivity contribution >= 4 is 21.9 Å². The Morgan fingerprint density at radius 2 is 2.00 bits per heavy atom. The van der Waals surface area contributed by atoms with E-state index in [4.69, 9.17) is 10.3 Å². The Hall–Kier alpha value is -0.990. The predicted molar refractivity (Wildman–Crippen MR) is 41.2 cm³/mol. The molecule has 7 nitrogen and oxygen atoms in total. The molecule has 0 aromatic carbocycles. The maximum Gasteiger partial charge on any atom is 0.375 e. The van der Waals surface area contributed by atoms with Crippen LogP contribution in [0.2, 0.25) is 0 Å². The Labute approximate surface area is 74.6 Å². The minimum atomic E-state index is -4.56. The van der Waals surface area contributed by atoms with Crippen LogP contribution in [0, 0.1) is 0 Å². The minimum absolute atomic E-state index is 0.613. The van der Waals surface area contributed by atoms with Crippen LogP contribution in [0.15, 0.2) is 0 Å². The normalized spacial score (nSPS) is 13.5. The topological polar surface area (TPSA) is 124 Å². The zero-order valence-corrected chi connectivity index (χ0v) is 7.58. The van der Waals surface area contributed by atoms with E-state index >= 15 is 0 Å². The molecule has 0 saturated heterocycles. The van der Waals surface area contributed by atoms with Crippen molar-refractivity contribution in [1.29, 1.82) is 0 Å². The Morgan fingerprint density at radius 3 is 2.23 bits per heavy atom. The van der Waals surface area contributed by atoms with E-state index in [1.54, 1.807) is 0 Å². The highest BCUT2D eigenvalue weighted by molar-refractivity contribution is 7.86. The van der Waals surface area contributed by atoms with Crippen LogP contribution in [0.1, 0.15) is 6.92 Å². The van der Waals surface area contributed by atoms with E-state index in [0.29, 0.717) is 0 Å². The molecule has 0 aliphatic rings. The van der Waals surface area contributed by atoms with Crippen LogP contribution in [0.25, 0.3) is 0 Å². The first-order valence-corrected chi connectivity index (χ1v) is 4.67. The van der Waals surface area contributed by atoms with Gasteiger partial charge in [0, 0.05) is 13.5 Å². The molecule has 13 heavy (non-hydrogen) atoms. The van der Waals surface area contributed by atoms with Crippen LogP contribution >= 0.6 is 0 Å². The molecule has 0 fully saturated rings. The molecule has 0 rings (SSSR count). The Balaban J connectivity index is 4.49. The Kier molecular flexibility index (Phi) is 3.98. The van der Waals surface area contributed by atoms with Crippen molar-refractivity contribution in [1.82, 2.24) is 0 Å². The summed E-state index contributed by atoms with van der Waals surface area (Å²) in [7, 11) is -4.56. The quantitative estimate of drug-likeness (QED) is 0.322. The van der Waals surface area contributed by atoms with E-state index in [1.165, 1.54) is 0 Å². The highest BCUT2D eigenvalue weighted by Gasteiger charge is 2.27. The molecule has 0 heterocycles. The number of ketones is 1. The van der Waals surface area contributed by atoms with Crippen LogP contribution in [-0.2, 0) is 24.4 Å². The molecule has 0 aliphatic carbocycles. The van der Waals surface area contributed by atoms with Gasteiger partial charge in [-0.1, -0.05) is 0 Å². The molecule has 1 atom stereocenters. The third-order valence-corrected chi connectivity index (χ3v) is 2.00. The zero-order chi connectivity index (χ0) is 10.6. The van der Waals surface area contributed by atoms with Gasteiger partial charge in [-0.15, -0.1) is 0 Å². The summed E-state index contributed by atoms with van der Waals surface area (Å²) in [6.07, 6.45) is 0. The molecule has 0 saturated carbocycles. The monoisotopic (exact) mass is 211 g/mol. The molecule has 0 amide bonds. The largest absolute Gasteiger partial charge is 0.436 e. The van der Waals surface area contributed by atoms with Crippen molar-refractivity contribution in [3.63, 3.8) is 0 Å². The fourth-order valence-corrected chi connectivity index (χ4v) is 0.885. The molecule has 0 aromatic heterocycles. The molecule has 0 bridgehead atoms. The minimum Gasteiger partial charge on any atom is -0.436 e. The third kappa shape index (κ3) is 3.97. The van der Waals surface area contributed by atoms with E-state index in [2.05, 4.69) is 4.74 Å². The molecule has 0 aromatic rings. The van der Waals surface area contributed by atoms with Gasteiger partial charge in [0.15, 0.2) is 0 Å². The van der Waals surface area contributed by atoms with Crippen molar-refractivity contribution in [2.75, 3.05) is 6.54 Å². The summed E-state index contributed by atoms with van der Waals surface area (Å²) >= 11 is 0. The SMILES string of the molecule is CC(=O)C(=O)OC(CN)S(=O)(=O)O. The first kappa shape index (κ1) is 12.0. The van der Waals surface area contributed by atoms with Gasteiger partial charge in [-0.25, -0.2) is 4.79 Å². The fraction of sp³-hybridized carbons (Fsp3) is 0.600. The molecular formula is C5H9NO6S. The van der Waals surface area contributed by atoms with E-state index in [1.807, 2.05) is 0 Å². The number of Topliss-reactive ketones (excluding diaryl/α,β-unsaturated/α-hetero) is 1. The molecule has 0 spiro atoms. The summed E-state index contributed by atoms with van der Waals surface area (Å²) in [5.74, 6) is -2.32. The summed E-state index contributed by atoms with van der Waals surface area (Å²) < 4.78 is 33.3. The molecule has 8 heteroatoms. The van der Waals surface area contributed by atoms with Crippen molar-refractivity contribution < 1.29 is 27.3 Å². The van der Waals surface area contributed by atoms with E-state index in [0.717, 1.165) is 6.92 Å². The van der Waals surface area contributed by atoms with Gasteiger partial charge in [-0.3, -0.25) is 9.35 Å². The highest BCUT2D eigenvalue weighted by atomic mass is 32.2. The summed E-state index contributed by atoms with van der Waals surface area (Å²) in [4.78, 5) is 20.9. The van der Waals surface area contributed by atoms with Gasteiger partial charge in [0.1, 0.15) is 0 Å². The number of rotatable bonds is 4. The first-order valence-electron chi connectivity index (χ1n) is 3.17. The summed E-state index contributed by atoms with van der Waals surface area (Å²) in [5, 5.41) is 0. The molecule has 3 N–H and O–H groups in total.